The lowest BCUT2D eigenvalue weighted by atomic mass is 10.0. The van der Waals surface area contributed by atoms with Crippen LogP contribution < -0.4 is 0 Å². The number of carbonyl (C=O) groups is 1. The summed E-state index contributed by atoms with van der Waals surface area (Å²) in [6.07, 6.45) is 0. The van der Waals surface area contributed by atoms with Crippen LogP contribution in [0, 0.1) is 6.92 Å². The van der Waals surface area contributed by atoms with E-state index in [9.17, 15) is 4.79 Å². The van der Waals surface area contributed by atoms with Gasteiger partial charge in [-0.25, -0.2) is 4.79 Å². The molecule has 0 atom stereocenters. The van der Waals surface area contributed by atoms with E-state index < -0.39 is 5.97 Å². The highest BCUT2D eigenvalue weighted by atomic mass is 32.1. The summed E-state index contributed by atoms with van der Waals surface area (Å²) in [5.74, 6) is -0.302. The fourth-order valence-corrected chi connectivity index (χ4v) is 1.43. The van der Waals surface area contributed by atoms with Crippen LogP contribution in [0.1, 0.15) is 21.5 Å². The summed E-state index contributed by atoms with van der Waals surface area (Å²) in [5, 5.41) is 8.76. The van der Waals surface area contributed by atoms with Gasteiger partial charge in [-0.3, -0.25) is 0 Å². The molecule has 1 aromatic rings. The van der Waals surface area contributed by atoms with Gasteiger partial charge in [0.15, 0.2) is 0 Å². The number of carboxylic acids is 1. The molecule has 0 radical (unpaired) electrons. The smallest absolute Gasteiger partial charge is 0.335 e. The Balaban J connectivity index is 3.23. The fraction of sp³-hybridized carbons (Fsp3) is 0.222. The van der Waals surface area contributed by atoms with Gasteiger partial charge in [-0.15, -0.1) is 0 Å². The van der Waals surface area contributed by atoms with E-state index in [1.54, 1.807) is 19.1 Å². The molecule has 0 saturated heterocycles. The van der Waals surface area contributed by atoms with Crippen molar-refractivity contribution in [1.82, 2.24) is 0 Å². The molecular weight excluding hydrogens is 172 g/mol. The van der Waals surface area contributed by atoms with Crippen LogP contribution >= 0.6 is 12.6 Å². The van der Waals surface area contributed by atoms with Gasteiger partial charge in [0, 0.05) is 5.75 Å². The summed E-state index contributed by atoms with van der Waals surface area (Å²) < 4.78 is 0. The Morgan fingerprint density at radius 1 is 1.58 bits per heavy atom. The van der Waals surface area contributed by atoms with Crippen LogP contribution in [0.4, 0.5) is 0 Å². The Morgan fingerprint density at radius 3 is 2.75 bits per heavy atom. The topological polar surface area (TPSA) is 37.3 Å². The van der Waals surface area contributed by atoms with E-state index in [0.29, 0.717) is 11.3 Å². The van der Waals surface area contributed by atoms with E-state index in [1.165, 1.54) is 0 Å². The van der Waals surface area contributed by atoms with Crippen molar-refractivity contribution in [2.24, 2.45) is 0 Å². The second kappa shape index (κ2) is 3.63. The third kappa shape index (κ3) is 1.61. The second-order valence-electron chi connectivity index (χ2n) is 2.55. The molecular formula is C9H10O2S. The van der Waals surface area contributed by atoms with Crippen molar-refractivity contribution >= 4 is 18.6 Å². The molecule has 0 bridgehead atoms. The maximum absolute atomic E-state index is 10.7. The van der Waals surface area contributed by atoms with Crippen LogP contribution in [-0.4, -0.2) is 11.1 Å². The first-order valence-corrected chi connectivity index (χ1v) is 4.22. The summed E-state index contributed by atoms with van der Waals surface area (Å²) in [5.41, 5.74) is 2.14. The molecule has 1 aromatic carbocycles. The van der Waals surface area contributed by atoms with Gasteiger partial charge in [-0.2, -0.15) is 12.6 Å². The maximum Gasteiger partial charge on any atom is 0.335 e. The molecule has 0 aliphatic carbocycles. The molecule has 0 saturated carbocycles. The molecule has 1 N–H and O–H groups in total. The number of aromatic carboxylic acids is 1. The maximum atomic E-state index is 10.7. The van der Waals surface area contributed by atoms with Crippen molar-refractivity contribution in [3.8, 4) is 0 Å². The number of carboxylic acid groups (broad SMARTS) is 1. The van der Waals surface area contributed by atoms with Crippen molar-refractivity contribution in [3.05, 3.63) is 34.9 Å². The Morgan fingerprint density at radius 2 is 2.25 bits per heavy atom. The molecule has 0 heterocycles. The van der Waals surface area contributed by atoms with Crippen molar-refractivity contribution in [1.29, 1.82) is 0 Å². The number of benzene rings is 1. The zero-order valence-corrected chi connectivity index (χ0v) is 7.64. The van der Waals surface area contributed by atoms with Crippen LogP contribution in [0.5, 0.6) is 0 Å². The molecule has 3 heteroatoms. The minimum absolute atomic E-state index is 0.363. The highest BCUT2D eigenvalue weighted by molar-refractivity contribution is 7.79. The first-order valence-electron chi connectivity index (χ1n) is 3.59. The van der Waals surface area contributed by atoms with Crippen LogP contribution in [-0.2, 0) is 5.75 Å². The quantitative estimate of drug-likeness (QED) is 0.687. The minimum Gasteiger partial charge on any atom is -0.478 e. The SMILES string of the molecule is Cc1c(CS)cccc1C(=O)O. The Labute approximate surface area is 76.6 Å². The molecule has 0 aromatic heterocycles. The Hall–Kier alpha value is -0.960. The van der Waals surface area contributed by atoms with Crippen LogP contribution in [0.2, 0.25) is 0 Å². The van der Waals surface area contributed by atoms with Gasteiger partial charge >= 0.3 is 5.97 Å². The van der Waals surface area contributed by atoms with E-state index >= 15 is 0 Å². The van der Waals surface area contributed by atoms with E-state index in [4.69, 9.17) is 5.11 Å². The van der Waals surface area contributed by atoms with E-state index in [2.05, 4.69) is 12.6 Å². The predicted molar refractivity (Wildman–Crippen MR) is 50.8 cm³/mol. The molecule has 0 aliphatic heterocycles. The third-order valence-corrected chi connectivity index (χ3v) is 2.19. The lowest BCUT2D eigenvalue weighted by Crippen LogP contribution is -2.01. The van der Waals surface area contributed by atoms with E-state index in [1.807, 2.05) is 6.07 Å². The van der Waals surface area contributed by atoms with Crippen LogP contribution in [0.25, 0.3) is 0 Å². The summed E-state index contributed by atoms with van der Waals surface area (Å²) in [4.78, 5) is 10.7. The van der Waals surface area contributed by atoms with Gasteiger partial charge in [0.1, 0.15) is 0 Å². The van der Waals surface area contributed by atoms with Crippen molar-refractivity contribution in [2.45, 2.75) is 12.7 Å². The average Bonchev–Trinajstić information content (AvgIpc) is 2.04. The van der Waals surface area contributed by atoms with Gasteiger partial charge in [0.25, 0.3) is 0 Å². The zero-order chi connectivity index (χ0) is 9.14. The zero-order valence-electron chi connectivity index (χ0n) is 6.74. The van der Waals surface area contributed by atoms with Gasteiger partial charge in [-0.05, 0) is 24.1 Å². The Bertz CT molecular complexity index is 307. The lowest BCUT2D eigenvalue weighted by Gasteiger charge is -2.04. The van der Waals surface area contributed by atoms with Gasteiger partial charge < -0.3 is 5.11 Å². The summed E-state index contributed by atoms with van der Waals surface area (Å²) in [6, 6.07) is 5.22. The van der Waals surface area contributed by atoms with Crippen LogP contribution in [0.15, 0.2) is 18.2 Å². The molecule has 0 spiro atoms. The molecule has 0 unspecified atom stereocenters. The number of rotatable bonds is 2. The van der Waals surface area contributed by atoms with E-state index in [0.717, 1.165) is 11.1 Å². The molecule has 12 heavy (non-hydrogen) atoms. The summed E-state index contributed by atoms with van der Waals surface area (Å²) in [6.45, 7) is 1.80. The average molecular weight is 182 g/mol. The molecule has 0 aliphatic rings. The largest absolute Gasteiger partial charge is 0.478 e. The fourth-order valence-electron chi connectivity index (χ4n) is 1.09. The normalized spacial score (nSPS) is 9.83. The minimum atomic E-state index is -0.879. The van der Waals surface area contributed by atoms with Crippen molar-refractivity contribution in [3.63, 3.8) is 0 Å². The molecule has 0 amide bonds. The molecule has 1 rings (SSSR count). The summed E-state index contributed by atoms with van der Waals surface area (Å²) in [7, 11) is 0. The number of thiol groups is 1. The molecule has 2 nitrogen and oxygen atoms in total. The van der Waals surface area contributed by atoms with Gasteiger partial charge in [0.05, 0.1) is 5.56 Å². The first-order chi connectivity index (χ1) is 5.66. The highest BCUT2D eigenvalue weighted by Gasteiger charge is 2.08. The van der Waals surface area contributed by atoms with Crippen LogP contribution in [0.3, 0.4) is 0 Å². The molecule has 0 fully saturated rings. The lowest BCUT2D eigenvalue weighted by molar-refractivity contribution is 0.0696. The Kier molecular flexibility index (Phi) is 2.76. The van der Waals surface area contributed by atoms with Gasteiger partial charge in [0.2, 0.25) is 0 Å². The highest BCUT2D eigenvalue weighted by Crippen LogP contribution is 2.15. The van der Waals surface area contributed by atoms with Crippen molar-refractivity contribution in [2.75, 3.05) is 0 Å². The van der Waals surface area contributed by atoms with Crippen molar-refractivity contribution < 1.29 is 9.90 Å². The predicted octanol–water partition coefficient (Wildman–Crippen LogP) is 2.12. The molecule has 64 valence electrons. The number of hydrogen-bond donors (Lipinski definition) is 2. The number of hydrogen-bond acceptors (Lipinski definition) is 2. The van der Waals surface area contributed by atoms with Gasteiger partial charge in [-0.1, -0.05) is 12.1 Å². The third-order valence-electron chi connectivity index (χ3n) is 1.85. The monoisotopic (exact) mass is 182 g/mol. The van der Waals surface area contributed by atoms with E-state index in [-0.39, 0.29) is 0 Å². The second-order valence-corrected chi connectivity index (χ2v) is 2.87. The first kappa shape index (κ1) is 9.13. The summed E-state index contributed by atoms with van der Waals surface area (Å²) >= 11 is 4.10. The standard InChI is InChI=1S/C9H10O2S/c1-6-7(5-12)3-2-4-8(6)9(10)11/h2-4,12H,5H2,1H3,(H,10,11).